The van der Waals surface area contributed by atoms with Gasteiger partial charge in [0.25, 0.3) is 0 Å². The maximum Gasteiger partial charge on any atom is 0.0624 e. The molecule has 0 bridgehead atoms. The molecule has 1 aromatic carbocycles. The van der Waals surface area contributed by atoms with Gasteiger partial charge in [-0.25, -0.2) is 0 Å². The molecule has 0 fully saturated rings. The highest BCUT2D eigenvalue weighted by atomic mass is 15.3. The summed E-state index contributed by atoms with van der Waals surface area (Å²) >= 11 is 0. The summed E-state index contributed by atoms with van der Waals surface area (Å²) in [5.74, 6) is 0. The van der Waals surface area contributed by atoms with Crippen LogP contribution in [0.25, 0.3) is 0 Å². The Labute approximate surface area is 114 Å². The molecule has 2 aromatic rings. The lowest BCUT2D eigenvalue weighted by Crippen LogP contribution is -2.12. The van der Waals surface area contributed by atoms with E-state index in [1.807, 2.05) is 11.7 Å². The van der Waals surface area contributed by atoms with Gasteiger partial charge >= 0.3 is 0 Å². The van der Waals surface area contributed by atoms with E-state index in [0.717, 1.165) is 19.4 Å². The molecule has 1 aliphatic rings. The minimum atomic E-state index is 0.969. The van der Waals surface area contributed by atoms with Gasteiger partial charge in [-0.15, -0.1) is 0 Å². The third kappa shape index (κ3) is 2.50. The Kier molecular flexibility index (Phi) is 3.28. The molecule has 0 atom stereocenters. The van der Waals surface area contributed by atoms with E-state index in [1.165, 1.54) is 41.0 Å². The lowest BCUT2D eigenvalue weighted by molar-refractivity contribution is 0.709. The molecule has 2 heterocycles. The summed E-state index contributed by atoms with van der Waals surface area (Å²) in [5.41, 5.74) is 6.63. The zero-order chi connectivity index (χ0) is 13.2. The highest BCUT2D eigenvalue weighted by Gasteiger charge is 2.10. The van der Waals surface area contributed by atoms with Crippen molar-refractivity contribution in [1.29, 1.82) is 0 Å². The van der Waals surface area contributed by atoms with Crippen LogP contribution in [-0.4, -0.2) is 16.3 Å². The molecule has 0 amide bonds. The molecule has 3 rings (SSSR count). The molecule has 0 unspecified atom stereocenters. The number of nitrogens with one attached hydrogen (secondary N) is 1. The molecule has 0 saturated heterocycles. The predicted octanol–water partition coefficient (Wildman–Crippen LogP) is 2.93. The highest BCUT2D eigenvalue weighted by molar-refractivity contribution is 5.54. The molecule has 0 spiro atoms. The van der Waals surface area contributed by atoms with Crippen molar-refractivity contribution in [1.82, 2.24) is 9.78 Å². The largest absolute Gasteiger partial charge is 0.385 e. The Balaban J connectivity index is 1.84. The molecule has 0 aliphatic carbocycles. The minimum Gasteiger partial charge on any atom is -0.385 e. The number of benzene rings is 1. The number of fused-ring (bicyclic) bond motifs is 1. The molecule has 3 nitrogen and oxygen atoms in total. The zero-order valence-electron chi connectivity index (χ0n) is 11.7. The van der Waals surface area contributed by atoms with Gasteiger partial charge < -0.3 is 5.32 Å². The van der Waals surface area contributed by atoms with Crippen molar-refractivity contribution in [3.05, 3.63) is 46.8 Å². The van der Waals surface area contributed by atoms with Crippen molar-refractivity contribution in [2.24, 2.45) is 7.05 Å². The molecule has 19 heavy (non-hydrogen) atoms. The van der Waals surface area contributed by atoms with Crippen LogP contribution in [0.3, 0.4) is 0 Å². The van der Waals surface area contributed by atoms with Crippen molar-refractivity contribution in [3.63, 3.8) is 0 Å². The molecule has 1 N–H and O–H groups in total. The van der Waals surface area contributed by atoms with Gasteiger partial charge in [-0.3, -0.25) is 4.68 Å². The molecular weight excluding hydrogens is 234 g/mol. The van der Waals surface area contributed by atoms with Gasteiger partial charge in [-0.1, -0.05) is 19.1 Å². The first-order chi connectivity index (χ1) is 9.26. The standard InChI is InChI=1S/C16H21N3/c1-3-14-11-15(19(2)18-14)10-12-6-7-16-13(9-12)5-4-8-17-16/h6-7,9,11,17H,3-5,8,10H2,1-2H3. The van der Waals surface area contributed by atoms with Gasteiger partial charge in [0, 0.05) is 31.4 Å². The normalized spacial score (nSPS) is 14.0. The fourth-order valence-electron chi connectivity index (χ4n) is 2.76. The summed E-state index contributed by atoms with van der Waals surface area (Å²) in [6.45, 7) is 3.25. The first-order valence-electron chi connectivity index (χ1n) is 7.13. The molecule has 100 valence electrons. The Hall–Kier alpha value is -1.77. The highest BCUT2D eigenvalue weighted by Crippen LogP contribution is 2.24. The first-order valence-corrected chi connectivity index (χ1v) is 7.13. The molecule has 0 saturated carbocycles. The van der Waals surface area contributed by atoms with Gasteiger partial charge in [0.05, 0.1) is 5.69 Å². The smallest absolute Gasteiger partial charge is 0.0624 e. The zero-order valence-corrected chi connectivity index (χ0v) is 11.7. The van der Waals surface area contributed by atoms with Gasteiger partial charge in [0.2, 0.25) is 0 Å². The minimum absolute atomic E-state index is 0.969. The monoisotopic (exact) mass is 255 g/mol. The Morgan fingerprint density at radius 3 is 3.00 bits per heavy atom. The fourth-order valence-corrected chi connectivity index (χ4v) is 2.76. The number of anilines is 1. The van der Waals surface area contributed by atoms with Gasteiger partial charge in [0.15, 0.2) is 0 Å². The summed E-state index contributed by atoms with van der Waals surface area (Å²) in [7, 11) is 2.04. The second-order valence-corrected chi connectivity index (χ2v) is 5.30. The molecule has 1 aliphatic heterocycles. The average Bonchev–Trinajstić information content (AvgIpc) is 2.79. The van der Waals surface area contributed by atoms with Crippen LogP contribution in [0.5, 0.6) is 0 Å². The maximum atomic E-state index is 4.52. The van der Waals surface area contributed by atoms with Crippen molar-refractivity contribution >= 4 is 5.69 Å². The van der Waals surface area contributed by atoms with E-state index in [-0.39, 0.29) is 0 Å². The van der Waals surface area contributed by atoms with Crippen LogP contribution in [0.2, 0.25) is 0 Å². The van der Waals surface area contributed by atoms with Gasteiger partial charge in [-0.2, -0.15) is 5.10 Å². The summed E-state index contributed by atoms with van der Waals surface area (Å²) in [4.78, 5) is 0. The predicted molar refractivity (Wildman–Crippen MR) is 78.6 cm³/mol. The van der Waals surface area contributed by atoms with E-state index in [4.69, 9.17) is 0 Å². The van der Waals surface area contributed by atoms with Crippen molar-refractivity contribution in [2.75, 3.05) is 11.9 Å². The number of aromatic nitrogens is 2. The second kappa shape index (κ2) is 5.08. The number of rotatable bonds is 3. The Morgan fingerprint density at radius 2 is 2.21 bits per heavy atom. The van der Waals surface area contributed by atoms with E-state index in [0.29, 0.717) is 0 Å². The summed E-state index contributed by atoms with van der Waals surface area (Å²) in [6.07, 6.45) is 4.41. The van der Waals surface area contributed by atoms with Crippen molar-refractivity contribution in [3.8, 4) is 0 Å². The third-order valence-corrected chi connectivity index (χ3v) is 3.88. The number of aryl methyl sites for hydroxylation is 3. The van der Waals surface area contributed by atoms with Crippen LogP contribution in [0, 0.1) is 0 Å². The van der Waals surface area contributed by atoms with Crippen LogP contribution >= 0.6 is 0 Å². The average molecular weight is 255 g/mol. The van der Waals surface area contributed by atoms with Gasteiger partial charge in [-0.05, 0) is 42.5 Å². The maximum absolute atomic E-state index is 4.52. The Morgan fingerprint density at radius 1 is 1.32 bits per heavy atom. The molecular formula is C16H21N3. The molecule has 0 radical (unpaired) electrons. The number of nitrogens with zero attached hydrogens (tertiary/aromatic N) is 2. The van der Waals surface area contributed by atoms with E-state index in [1.54, 1.807) is 0 Å². The van der Waals surface area contributed by atoms with E-state index in [9.17, 15) is 0 Å². The van der Waals surface area contributed by atoms with Crippen LogP contribution in [0.4, 0.5) is 5.69 Å². The van der Waals surface area contributed by atoms with Crippen molar-refractivity contribution in [2.45, 2.75) is 32.6 Å². The summed E-state index contributed by atoms with van der Waals surface area (Å²) in [6, 6.07) is 9.02. The topological polar surface area (TPSA) is 29.9 Å². The van der Waals surface area contributed by atoms with E-state index >= 15 is 0 Å². The summed E-state index contributed by atoms with van der Waals surface area (Å²) in [5, 5.41) is 7.98. The van der Waals surface area contributed by atoms with Crippen LogP contribution in [0.1, 0.15) is 35.9 Å². The fraction of sp³-hybridized carbons (Fsp3) is 0.438. The second-order valence-electron chi connectivity index (χ2n) is 5.30. The van der Waals surface area contributed by atoms with Crippen LogP contribution in [-0.2, 0) is 26.3 Å². The van der Waals surface area contributed by atoms with Crippen LogP contribution in [0.15, 0.2) is 24.3 Å². The third-order valence-electron chi connectivity index (χ3n) is 3.88. The van der Waals surface area contributed by atoms with Crippen molar-refractivity contribution < 1.29 is 0 Å². The van der Waals surface area contributed by atoms with E-state index < -0.39 is 0 Å². The number of hydrogen-bond acceptors (Lipinski definition) is 2. The lowest BCUT2D eigenvalue weighted by atomic mass is 9.99. The van der Waals surface area contributed by atoms with Gasteiger partial charge in [0.1, 0.15) is 0 Å². The summed E-state index contributed by atoms with van der Waals surface area (Å²) < 4.78 is 2.01. The molecule has 3 heteroatoms. The van der Waals surface area contributed by atoms with E-state index in [2.05, 4.69) is 41.6 Å². The number of hydrogen-bond donors (Lipinski definition) is 1. The van der Waals surface area contributed by atoms with Crippen LogP contribution < -0.4 is 5.32 Å². The molecule has 1 aromatic heterocycles. The lowest BCUT2D eigenvalue weighted by Gasteiger charge is -2.18. The first kappa shape index (κ1) is 12.3. The SMILES string of the molecule is CCc1cc(Cc2ccc3c(c2)CCCN3)n(C)n1. The quantitative estimate of drug-likeness (QED) is 0.914. The Bertz CT molecular complexity index is 584.